The summed E-state index contributed by atoms with van der Waals surface area (Å²) < 4.78 is 0. The molecule has 3 rings (SSSR count). The first-order valence-electron chi connectivity index (χ1n) is 10.3. The molecular formula is C21H31N3O2S. The summed E-state index contributed by atoms with van der Waals surface area (Å²) in [6, 6.07) is 0. The molecule has 1 aliphatic heterocycles. The molecule has 0 radical (unpaired) electrons. The van der Waals surface area contributed by atoms with Gasteiger partial charge < -0.3 is 10.6 Å². The van der Waals surface area contributed by atoms with Crippen molar-refractivity contribution < 1.29 is 9.59 Å². The first-order chi connectivity index (χ1) is 13.1. The average Bonchev–Trinajstić information content (AvgIpc) is 2.63. The van der Waals surface area contributed by atoms with E-state index in [2.05, 4.69) is 35.0 Å². The van der Waals surface area contributed by atoms with E-state index in [-0.39, 0.29) is 17.7 Å². The van der Waals surface area contributed by atoms with Crippen LogP contribution in [0, 0.1) is 11.8 Å². The Balaban J connectivity index is 1.68. The smallest absolute Gasteiger partial charge is 0.252 e. The second-order valence-electron chi connectivity index (χ2n) is 7.72. The largest absolute Gasteiger partial charge is 0.370 e. The zero-order valence-corrected chi connectivity index (χ0v) is 17.0. The van der Waals surface area contributed by atoms with E-state index in [0.717, 1.165) is 49.5 Å². The number of thioether (sulfide) groups is 1. The monoisotopic (exact) mass is 389 g/mol. The van der Waals surface area contributed by atoms with E-state index in [1.54, 1.807) is 11.8 Å². The van der Waals surface area contributed by atoms with Gasteiger partial charge in [0.2, 0.25) is 5.91 Å². The van der Waals surface area contributed by atoms with Crippen LogP contribution in [0.25, 0.3) is 0 Å². The molecule has 148 valence electrons. The summed E-state index contributed by atoms with van der Waals surface area (Å²) in [6.45, 7) is 2.89. The highest BCUT2D eigenvalue weighted by atomic mass is 32.2. The van der Waals surface area contributed by atoms with Crippen molar-refractivity contribution >= 4 is 28.7 Å². The average molecular weight is 390 g/mol. The molecule has 3 atom stereocenters. The molecule has 2 amide bonds. The maximum Gasteiger partial charge on any atom is 0.252 e. The SMILES string of the molecule is CCN(C1=CCC(CCC(N)=O)C=C1)C1=NC(=O)C2CCCCCCC2S1. The second-order valence-corrected chi connectivity index (χ2v) is 8.93. The van der Waals surface area contributed by atoms with E-state index in [0.29, 0.717) is 17.6 Å². The number of hydrogen-bond donors (Lipinski definition) is 1. The van der Waals surface area contributed by atoms with E-state index in [1.165, 1.54) is 19.3 Å². The Bertz CT molecular complexity index is 656. The third-order valence-electron chi connectivity index (χ3n) is 5.77. The van der Waals surface area contributed by atoms with Crippen LogP contribution in [0.15, 0.2) is 28.9 Å². The molecular weight excluding hydrogens is 358 g/mol. The summed E-state index contributed by atoms with van der Waals surface area (Å²) >= 11 is 1.80. The Labute approximate surface area is 166 Å². The van der Waals surface area contributed by atoms with Crippen LogP contribution in [-0.2, 0) is 9.59 Å². The van der Waals surface area contributed by atoms with E-state index in [1.807, 2.05) is 0 Å². The van der Waals surface area contributed by atoms with Gasteiger partial charge in [-0.05, 0) is 44.6 Å². The molecule has 2 aliphatic carbocycles. The zero-order chi connectivity index (χ0) is 19.2. The minimum absolute atomic E-state index is 0.0776. The molecule has 0 aromatic heterocycles. The molecule has 1 saturated carbocycles. The van der Waals surface area contributed by atoms with Crippen molar-refractivity contribution in [1.82, 2.24) is 4.90 Å². The van der Waals surface area contributed by atoms with Crippen LogP contribution in [-0.4, -0.2) is 33.7 Å². The van der Waals surface area contributed by atoms with Gasteiger partial charge in [-0.3, -0.25) is 9.59 Å². The first-order valence-corrected chi connectivity index (χ1v) is 11.2. The lowest BCUT2D eigenvalue weighted by atomic mass is 9.90. The standard InChI is InChI=1S/C21H31N3O2S/c1-2-24(16-12-9-15(10-13-16)11-14-19(22)25)21-23-20(26)17-7-5-3-4-6-8-18(17)27-21/h9,12-13,15,17-18H,2-8,10-11,14H2,1H3,(H2,22,25). The van der Waals surface area contributed by atoms with Crippen molar-refractivity contribution in [2.75, 3.05) is 6.54 Å². The maximum absolute atomic E-state index is 12.7. The van der Waals surface area contributed by atoms with Crippen LogP contribution in [0.2, 0.25) is 0 Å². The number of primary amides is 1. The molecule has 5 nitrogen and oxygen atoms in total. The van der Waals surface area contributed by atoms with Crippen molar-refractivity contribution in [3.63, 3.8) is 0 Å². The summed E-state index contributed by atoms with van der Waals surface area (Å²) in [7, 11) is 0. The lowest BCUT2D eigenvalue weighted by molar-refractivity contribution is -0.122. The summed E-state index contributed by atoms with van der Waals surface area (Å²) in [4.78, 5) is 30.3. The Morgan fingerprint density at radius 1 is 1.30 bits per heavy atom. The van der Waals surface area contributed by atoms with Crippen molar-refractivity contribution in [2.24, 2.45) is 22.6 Å². The molecule has 1 heterocycles. The number of likely N-dealkylation sites (N-methyl/N-ethyl adjacent to an activating group) is 1. The third-order valence-corrected chi connectivity index (χ3v) is 7.16. The number of carbonyl (C=O) groups is 2. The molecule has 0 bridgehead atoms. The molecule has 3 aliphatic rings. The van der Waals surface area contributed by atoms with Crippen LogP contribution in [0.4, 0.5) is 0 Å². The number of amidine groups is 1. The fourth-order valence-corrected chi connectivity index (χ4v) is 5.64. The number of carbonyl (C=O) groups excluding carboxylic acids is 2. The van der Waals surface area contributed by atoms with Crippen LogP contribution in [0.1, 0.15) is 64.7 Å². The molecule has 1 fully saturated rings. The van der Waals surface area contributed by atoms with Crippen molar-refractivity contribution in [1.29, 1.82) is 0 Å². The minimum atomic E-state index is -0.242. The molecule has 0 spiro atoms. The van der Waals surface area contributed by atoms with Crippen LogP contribution < -0.4 is 5.73 Å². The highest BCUT2D eigenvalue weighted by Gasteiger charge is 2.36. The number of hydrogen-bond acceptors (Lipinski definition) is 4. The topological polar surface area (TPSA) is 75.8 Å². The molecule has 2 N–H and O–H groups in total. The number of nitrogens with two attached hydrogens (primary N) is 1. The van der Waals surface area contributed by atoms with E-state index in [4.69, 9.17) is 5.73 Å². The summed E-state index contributed by atoms with van der Waals surface area (Å²) in [5, 5.41) is 1.23. The van der Waals surface area contributed by atoms with Crippen molar-refractivity contribution in [2.45, 2.75) is 70.0 Å². The summed E-state index contributed by atoms with van der Waals surface area (Å²) in [5.74, 6) is 0.298. The number of aliphatic imine (C=N–C) groups is 1. The molecule has 0 aromatic carbocycles. The van der Waals surface area contributed by atoms with Crippen LogP contribution in [0.3, 0.4) is 0 Å². The van der Waals surface area contributed by atoms with Crippen LogP contribution in [0.5, 0.6) is 0 Å². The number of allylic oxidation sites excluding steroid dienone is 3. The second kappa shape index (κ2) is 9.58. The number of amides is 2. The van der Waals surface area contributed by atoms with Crippen molar-refractivity contribution in [3.8, 4) is 0 Å². The minimum Gasteiger partial charge on any atom is -0.370 e. The lowest BCUT2D eigenvalue weighted by Gasteiger charge is -2.35. The Morgan fingerprint density at radius 2 is 2.07 bits per heavy atom. The first kappa shape index (κ1) is 20.2. The summed E-state index contributed by atoms with van der Waals surface area (Å²) in [6.07, 6.45) is 15.6. The van der Waals surface area contributed by atoms with Gasteiger partial charge in [0.05, 0.1) is 5.92 Å². The van der Waals surface area contributed by atoms with Gasteiger partial charge in [-0.1, -0.05) is 49.6 Å². The van der Waals surface area contributed by atoms with Gasteiger partial charge in [0, 0.05) is 23.9 Å². The highest BCUT2D eigenvalue weighted by molar-refractivity contribution is 8.14. The summed E-state index contributed by atoms with van der Waals surface area (Å²) in [5.41, 5.74) is 6.36. The molecule has 3 unspecified atom stereocenters. The Morgan fingerprint density at radius 3 is 2.74 bits per heavy atom. The predicted molar refractivity (Wildman–Crippen MR) is 111 cm³/mol. The quantitative estimate of drug-likeness (QED) is 0.771. The predicted octanol–water partition coefficient (Wildman–Crippen LogP) is 4.00. The van der Waals surface area contributed by atoms with Crippen molar-refractivity contribution in [3.05, 3.63) is 23.9 Å². The third kappa shape index (κ3) is 5.24. The number of fused-ring (bicyclic) bond motifs is 1. The fourth-order valence-electron chi connectivity index (χ4n) is 4.16. The van der Waals surface area contributed by atoms with Gasteiger partial charge in [0.1, 0.15) is 0 Å². The van der Waals surface area contributed by atoms with Gasteiger partial charge in [0.15, 0.2) is 5.17 Å². The van der Waals surface area contributed by atoms with Gasteiger partial charge in [0.25, 0.3) is 5.91 Å². The fraction of sp³-hybridized carbons (Fsp3) is 0.667. The Hall–Kier alpha value is -1.56. The van der Waals surface area contributed by atoms with Gasteiger partial charge in [-0.25, -0.2) is 0 Å². The molecule has 0 aromatic rings. The van der Waals surface area contributed by atoms with Gasteiger partial charge >= 0.3 is 0 Å². The Kier molecular flexibility index (Phi) is 7.16. The van der Waals surface area contributed by atoms with E-state index >= 15 is 0 Å². The molecule has 0 saturated heterocycles. The van der Waals surface area contributed by atoms with Crippen LogP contribution >= 0.6 is 11.8 Å². The normalized spacial score (nSPS) is 28.5. The molecule has 6 heteroatoms. The van der Waals surface area contributed by atoms with Gasteiger partial charge in [-0.2, -0.15) is 4.99 Å². The number of rotatable bonds is 5. The molecule has 27 heavy (non-hydrogen) atoms. The maximum atomic E-state index is 12.7. The highest BCUT2D eigenvalue weighted by Crippen LogP contribution is 2.38. The van der Waals surface area contributed by atoms with Gasteiger partial charge in [-0.15, -0.1) is 0 Å². The lowest BCUT2D eigenvalue weighted by Crippen LogP contribution is -2.38. The van der Waals surface area contributed by atoms with E-state index < -0.39 is 0 Å². The number of nitrogens with zero attached hydrogens (tertiary/aromatic N) is 2. The van der Waals surface area contributed by atoms with E-state index in [9.17, 15) is 9.59 Å². The zero-order valence-electron chi connectivity index (χ0n) is 16.2.